The maximum Gasteiger partial charge on any atom is 0.121 e. The van der Waals surface area contributed by atoms with Gasteiger partial charge in [-0.05, 0) is 141 Å². The first-order valence-corrected chi connectivity index (χ1v) is 20.2. The Morgan fingerprint density at radius 3 is 2.21 bits per heavy atom. The minimum absolute atomic E-state index is 0. The van der Waals surface area contributed by atoms with Crippen LogP contribution < -0.4 is 0 Å². The fourth-order valence-corrected chi connectivity index (χ4v) is 8.44. The smallest absolute Gasteiger partial charge is 0.121 e. The molecule has 1 fully saturated rings. The maximum absolute atomic E-state index is 9.00. The van der Waals surface area contributed by atoms with Crippen LogP contribution in [0, 0.1) is 46.4 Å². The van der Waals surface area contributed by atoms with Crippen LogP contribution in [0.4, 0.5) is 0 Å². The van der Waals surface area contributed by atoms with Gasteiger partial charge in [0, 0.05) is 59.8 Å². The molecular weight excluding hydrogens is 933 g/mol. The van der Waals surface area contributed by atoms with Gasteiger partial charge in [-0.15, -0.1) is 53.6 Å². The second kappa shape index (κ2) is 17.3. The van der Waals surface area contributed by atoms with E-state index in [1.807, 2.05) is 24.3 Å². The average molecular weight is 997 g/mol. The van der Waals surface area contributed by atoms with E-state index in [-0.39, 0.29) is 59.0 Å². The first-order valence-electron chi connectivity index (χ1n) is 28.2. The minimum atomic E-state index is -2.72. The second-order valence-corrected chi connectivity index (χ2v) is 15.4. The van der Waals surface area contributed by atoms with Crippen LogP contribution in [-0.4, -0.2) is 9.97 Å². The molecule has 0 spiro atoms. The zero-order valence-electron chi connectivity index (χ0n) is 49.3. The van der Waals surface area contributed by atoms with E-state index >= 15 is 0 Å². The zero-order chi connectivity index (χ0) is 55.0. The van der Waals surface area contributed by atoms with Gasteiger partial charge in [-0.25, -0.2) is 0 Å². The van der Waals surface area contributed by atoms with Crippen LogP contribution in [0.15, 0.2) is 150 Å². The van der Waals surface area contributed by atoms with Crippen molar-refractivity contribution in [3.8, 4) is 44.8 Å². The summed E-state index contributed by atoms with van der Waals surface area (Å²) in [5, 5.41) is 6.03. The first-order chi connectivity index (χ1) is 36.2. The van der Waals surface area contributed by atoms with Gasteiger partial charge < -0.3 is 14.4 Å². The van der Waals surface area contributed by atoms with E-state index in [4.69, 9.17) is 26.3 Å². The summed E-state index contributed by atoms with van der Waals surface area (Å²) >= 11 is 0. The van der Waals surface area contributed by atoms with E-state index in [2.05, 4.69) is 52.4 Å². The van der Waals surface area contributed by atoms with Crippen LogP contribution in [-0.2, 0) is 20.1 Å². The Labute approximate surface area is 400 Å². The molecule has 0 N–H and O–H groups in total. The van der Waals surface area contributed by atoms with Gasteiger partial charge in [-0.2, -0.15) is 0 Å². The summed E-state index contributed by atoms with van der Waals surface area (Å²) in [4.78, 5) is 8.67. The Balaban J connectivity index is 0.000000297. The monoisotopic (exact) mass is 997 g/mol. The topological polar surface area (TPSA) is 38.9 Å². The van der Waals surface area contributed by atoms with E-state index in [0.29, 0.717) is 63.2 Å². The minimum Gasteiger partial charge on any atom is -0.501 e. The van der Waals surface area contributed by atoms with Gasteiger partial charge in [0.25, 0.3) is 0 Å². The van der Waals surface area contributed by atoms with Crippen molar-refractivity contribution in [2.75, 3.05) is 0 Å². The van der Waals surface area contributed by atoms with Crippen LogP contribution in [0.1, 0.15) is 86.9 Å². The number of aryl methyl sites for hydroxylation is 5. The van der Waals surface area contributed by atoms with Gasteiger partial charge in [-0.1, -0.05) is 122 Å². The van der Waals surface area contributed by atoms with Crippen LogP contribution in [0.25, 0.3) is 88.3 Å². The molecule has 3 aromatic heterocycles. The summed E-state index contributed by atoms with van der Waals surface area (Å²) in [5.41, 5.74) is 4.94. The Kier molecular flexibility index (Phi) is 7.34. The van der Waals surface area contributed by atoms with Gasteiger partial charge >= 0.3 is 0 Å². The molecule has 7 aromatic carbocycles. The average Bonchev–Trinajstić information content (AvgIpc) is 4.19. The molecule has 0 aliphatic heterocycles. The summed E-state index contributed by atoms with van der Waals surface area (Å²) < 4.78 is 135. The standard InChI is InChI=1S/C45H36NO.C13H12N.Ir/c1-27-21-32(30-9-4-5-10-30)17-19-35(27)33-18-20-36(28(2)22-33)40-24-43(46-26-29(40)3)39-14-8-13-38-42-23-34-16-15-31-11-6-7-12-37(31)41(34)25-44(42)47-45(38)39;1-10-3-6-12(7-4-10)13-8-5-11(2)9-14-13;/h6-8,11-13,15-26,30H,4-5,9-10H2,1-3H3;3-6,8-9H,1-2H3;/q2*-1;/i1D3,2D3,3D3,30D;1D3,2D3;. The Morgan fingerprint density at radius 2 is 1.40 bits per heavy atom. The molecule has 1 aliphatic carbocycles. The largest absolute Gasteiger partial charge is 0.501 e. The molecule has 307 valence electrons. The number of rotatable bonds is 5. The van der Waals surface area contributed by atoms with Crippen molar-refractivity contribution in [3.63, 3.8) is 0 Å². The van der Waals surface area contributed by atoms with E-state index in [0.717, 1.165) is 45.2 Å². The van der Waals surface area contributed by atoms with Gasteiger partial charge in [0.1, 0.15) is 5.58 Å². The van der Waals surface area contributed by atoms with Crippen molar-refractivity contribution >= 4 is 43.5 Å². The third kappa shape index (κ3) is 7.90. The third-order valence-electron chi connectivity index (χ3n) is 11.6. The van der Waals surface area contributed by atoms with E-state index in [9.17, 15) is 0 Å². The van der Waals surface area contributed by atoms with E-state index in [1.165, 1.54) is 36.7 Å². The molecule has 0 saturated heterocycles. The predicted octanol–water partition coefficient (Wildman–Crippen LogP) is 15.8. The number of hydrogen-bond donors (Lipinski definition) is 0. The summed E-state index contributed by atoms with van der Waals surface area (Å²) in [6, 6.07) is 45.0. The molecule has 0 unspecified atom stereocenters. The van der Waals surface area contributed by atoms with Crippen LogP contribution >= 0.6 is 0 Å². The van der Waals surface area contributed by atoms with Gasteiger partial charge in [0.15, 0.2) is 0 Å². The molecule has 11 rings (SSSR count). The Morgan fingerprint density at radius 1 is 0.597 bits per heavy atom. The van der Waals surface area contributed by atoms with Gasteiger partial charge in [-0.3, -0.25) is 0 Å². The number of benzene rings is 7. The summed E-state index contributed by atoms with van der Waals surface area (Å²) in [5.74, 6) is -0.871. The second-order valence-electron chi connectivity index (χ2n) is 15.4. The normalized spacial score (nSPS) is 18.1. The molecule has 10 aromatic rings. The zero-order valence-corrected chi connectivity index (χ0v) is 35.7. The predicted molar refractivity (Wildman–Crippen MR) is 255 cm³/mol. The van der Waals surface area contributed by atoms with E-state index in [1.54, 1.807) is 54.6 Å². The van der Waals surface area contributed by atoms with Crippen LogP contribution in [0.2, 0.25) is 0 Å². The number of furan rings is 1. The summed E-state index contributed by atoms with van der Waals surface area (Å²) in [6.45, 7) is -12.2. The Hall–Kier alpha value is -6.19. The first kappa shape index (κ1) is 26.3. The molecule has 1 radical (unpaired) electrons. The molecular formula is C58H48IrN2O-2. The fraction of sp³-hybridized carbons (Fsp3) is 0.172. The molecule has 62 heavy (non-hydrogen) atoms. The van der Waals surface area contributed by atoms with Gasteiger partial charge in [0.05, 0.1) is 5.58 Å². The van der Waals surface area contributed by atoms with Gasteiger partial charge in [0.2, 0.25) is 0 Å². The number of pyridine rings is 2. The van der Waals surface area contributed by atoms with Crippen molar-refractivity contribution in [1.29, 1.82) is 0 Å². The van der Waals surface area contributed by atoms with Crippen molar-refractivity contribution in [3.05, 3.63) is 191 Å². The van der Waals surface area contributed by atoms with Crippen molar-refractivity contribution in [2.45, 2.75) is 65.8 Å². The molecule has 0 bridgehead atoms. The quantitative estimate of drug-likeness (QED) is 0.127. The molecule has 1 aliphatic rings. The number of fused-ring (bicyclic) bond motifs is 6. The summed E-state index contributed by atoms with van der Waals surface area (Å²) in [6.07, 6.45) is 5.63. The molecule has 3 heterocycles. The molecule has 1 saturated carbocycles. The summed E-state index contributed by atoms with van der Waals surface area (Å²) in [7, 11) is 0. The van der Waals surface area contributed by atoms with Crippen LogP contribution in [0.3, 0.4) is 0 Å². The molecule has 0 atom stereocenters. The Bertz CT molecular complexity index is 3810. The fourth-order valence-electron chi connectivity index (χ4n) is 8.44. The van der Waals surface area contributed by atoms with Crippen molar-refractivity contribution in [1.82, 2.24) is 9.97 Å². The van der Waals surface area contributed by atoms with Crippen molar-refractivity contribution in [2.24, 2.45) is 0 Å². The number of nitrogens with zero attached hydrogens (tertiary/aromatic N) is 2. The molecule has 0 amide bonds. The number of aromatic nitrogens is 2. The van der Waals surface area contributed by atoms with Crippen molar-refractivity contribution < 1.29 is 46.5 Å². The van der Waals surface area contributed by atoms with Crippen LogP contribution in [0.5, 0.6) is 0 Å². The van der Waals surface area contributed by atoms with E-state index < -0.39 is 40.2 Å². The molecule has 4 heteroatoms. The third-order valence-corrected chi connectivity index (χ3v) is 11.6. The number of hydrogen-bond acceptors (Lipinski definition) is 3. The maximum atomic E-state index is 9.00. The molecule has 3 nitrogen and oxygen atoms in total. The SMILES string of the molecule is [2H]C([2H])([2H])c1c[c-]c(-c2ccc(C([2H])([2H])[2H])cn2)cc1.[2H]C([2H])([2H])c1cc(C2([2H])CCCC2)ccc1-c1ccc(-c2cc(-c3[c-]ccc4c3oc3cc5c(ccc6ccccc65)cc34)ncc2C([2H])([2H])[2H])c(C([2H])([2H])[2H])c1.[Ir].